The summed E-state index contributed by atoms with van der Waals surface area (Å²) in [6.07, 6.45) is 22.4. The summed E-state index contributed by atoms with van der Waals surface area (Å²) in [7, 11) is 9.90. The zero-order chi connectivity index (χ0) is 54.9. The molecule has 0 aliphatic carbocycles. The van der Waals surface area contributed by atoms with E-state index in [0.717, 1.165) is 32.2 Å². The highest BCUT2D eigenvalue weighted by Crippen LogP contribution is 2.22. The average Bonchev–Trinajstić information content (AvgIpc) is 4.28. The van der Waals surface area contributed by atoms with E-state index in [0.29, 0.717) is 65.9 Å². The molecular formula is C51H61N19O7. The number of unbranched alkanes of at least 4 members (excludes halogenated alkanes) is 3. The molecule has 0 saturated heterocycles. The first kappa shape index (κ1) is 53.6. The van der Waals surface area contributed by atoms with E-state index >= 15 is 0 Å². The predicted octanol–water partition coefficient (Wildman–Crippen LogP) is 4.45. The van der Waals surface area contributed by atoms with Crippen LogP contribution in [0.4, 0.5) is 34.3 Å². The van der Waals surface area contributed by atoms with Crippen LogP contribution in [0, 0.1) is 0 Å². The summed E-state index contributed by atoms with van der Waals surface area (Å²) in [5, 5.41) is 19.4. The van der Waals surface area contributed by atoms with Crippen LogP contribution in [-0.4, -0.2) is 106 Å². The number of amides is 7. The van der Waals surface area contributed by atoms with Crippen molar-refractivity contribution in [2.45, 2.75) is 51.7 Å². The number of carbonyl (C=O) groups is 7. The smallest absolute Gasteiger partial charge is 0.292 e. The van der Waals surface area contributed by atoms with Crippen LogP contribution in [0.5, 0.6) is 0 Å². The first-order chi connectivity index (χ1) is 37.0. The Hall–Kier alpha value is -9.72. The average molecular weight is 1050 g/mol. The summed E-state index contributed by atoms with van der Waals surface area (Å²) in [4.78, 5) is 104. The largest absolute Gasteiger partial charge is 0.354 e. The number of anilines is 6. The van der Waals surface area contributed by atoms with E-state index in [-0.39, 0.29) is 46.5 Å². The van der Waals surface area contributed by atoms with E-state index in [2.05, 4.69) is 52.2 Å². The van der Waals surface area contributed by atoms with Crippen molar-refractivity contribution in [3.63, 3.8) is 0 Å². The minimum absolute atomic E-state index is 0.0403. The zero-order valence-electron chi connectivity index (χ0n) is 43.5. The van der Waals surface area contributed by atoms with Crippen LogP contribution in [-0.2, 0) is 54.9 Å². The Labute approximate surface area is 441 Å². The van der Waals surface area contributed by atoms with Gasteiger partial charge >= 0.3 is 0 Å². The standard InChI is InChI=1S/C51H61N19O7/c1-53-45(71)37-22-33(26-64(37)3)57-46(72)38-23-34(27-65(38)4)58-47(73)39-24-35(28-66(39)5)59-50(76)43-55-15-21-69(43)17-10-8-7-9-16-68-19-12-32(29-68)56-48(74)40-25-36(30-70(40)18-11-13-52)60-51(77)44-61-41(31-67(44)6)62-49(75)42-54-14-20-63(42)2/h12,14-15,19-31H,7-11,13,16-18,52H2,1-6H3,(H,53,71)(H,56,74)(H,57,72)(H,58,73)(H,59,76)(H,60,77)(H,62,75). The van der Waals surface area contributed by atoms with Gasteiger partial charge in [0.1, 0.15) is 22.8 Å². The molecule has 0 aliphatic rings. The zero-order valence-corrected chi connectivity index (χ0v) is 43.5. The topological polar surface area (TPSA) is 308 Å². The Morgan fingerprint density at radius 2 is 0.935 bits per heavy atom. The molecule has 8 aromatic rings. The number of nitrogens with one attached hydrogen (secondary N) is 7. The van der Waals surface area contributed by atoms with Crippen molar-refractivity contribution >= 4 is 75.6 Å². The summed E-state index contributed by atoms with van der Waals surface area (Å²) < 4.78 is 13.3. The molecule has 0 unspecified atom stereocenters. The van der Waals surface area contributed by atoms with Gasteiger partial charge in [0, 0.05) is 130 Å². The Kier molecular flexibility index (Phi) is 16.5. The summed E-state index contributed by atoms with van der Waals surface area (Å²) >= 11 is 0. The maximum absolute atomic E-state index is 13.6. The van der Waals surface area contributed by atoms with E-state index in [9.17, 15) is 33.6 Å². The van der Waals surface area contributed by atoms with Gasteiger partial charge in [0.15, 0.2) is 17.5 Å². The van der Waals surface area contributed by atoms with Crippen molar-refractivity contribution in [3.05, 3.63) is 139 Å². The molecule has 26 heteroatoms. The quantitative estimate of drug-likeness (QED) is 0.0414. The number of imidazole rings is 3. The Balaban J connectivity index is 0.768. The van der Waals surface area contributed by atoms with Gasteiger partial charge in [-0.3, -0.25) is 33.6 Å². The number of aryl methyl sites for hydroxylation is 8. The molecule has 402 valence electrons. The fraction of sp³-hybridized carbons (Fsp3) is 0.294. The highest BCUT2D eigenvalue weighted by Gasteiger charge is 2.23. The normalized spacial score (nSPS) is 11.1. The molecule has 0 spiro atoms. The summed E-state index contributed by atoms with van der Waals surface area (Å²) in [5.41, 5.74) is 9.23. The molecule has 0 aliphatic heterocycles. The molecule has 0 atom stereocenters. The second-order valence-corrected chi connectivity index (χ2v) is 18.3. The second kappa shape index (κ2) is 23.7. The van der Waals surface area contributed by atoms with Crippen molar-refractivity contribution in [1.29, 1.82) is 0 Å². The molecule has 0 radical (unpaired) electrons. The van der Waals surface area contributed by atoms with Gasteiger partial charge in [0.05, 0.1) is 28.4 Å². The molecule has 26 nitrogen and oxygen atoms in total. The van der Waals surface area contributed by atoms with E-state index in [4.69, 9.17) is 5.73 Å². The van der Waals surface area contributed by atoms with Gasteiger partial charge in [-0.25, -0.2) is 15.0 Å². The van der Waals surface area contributed by atoms with Crippen LogP contribution >= 0.6 is 0 Å². The molecule has 8 aromatic heterocycles. The van der Waals surface area contributed by atoms with Gasteiger partial charge in [0.25, 0.3) is 41.4 Å². The van der Waals surface area contributed by atoms with Gasteiger partial charge in [-0.2, -0.15) is 0 Å². The molecule has 0 bridgehead atoms. The number of hydrogen-bond donors (Lipinski definition) is 8. The number of nitrogens with zero attached hydrogens (tertiary/aromatic N) is 11. The van der Waals surface area contributed by atoms with Crippen LogP contribution in [0.15, 0.2) is 98.5 Å². The molecule has 8 rings (SSSR count). The highest BCUT2D eigenvalue weighted by molar-refractivity contribution is 6.09. The molecule has 77 heavy (non-hydrogen) atoms. The molecule has 7 amide bonds. The lowest BCUT2D eigenvalue weighted by Crippen LogP contribution is -2.20. The van der Waals surface area contributed by atoms with E-state index in [1.165, 1.54) is 30.1 Å². The molecule has 0 fully saturated rings. The van der Waals surface area contributed by atoms with Crippen molar-refractivity contribution < 1.29 is 33.6 Å². The van der Waals surface area contributed by atoms with Crippen molar-refractivity contribution in [2.24, 2.45) is 41.0 Å². The fourth-order valence-corrected chi connectivity index (χ4v) is 8.66. The number of hydrogen-bond acceptors (Lipinski definition) is 11. The molecule has 8 heterocycles. The monoisotopic (exact) mass is 1050 g/mol. The van der Waals surface area contributed by atoms with Crippen molar-refractivity contribution in [3.8, 4) is 0 Å². The van der Waals surface area contributed by atoms with Crippen LogP contribution in [0.3, 0.4) is 0 Å². The third kappa shape index (κ3) is 12.8. The first-order valence-electron chi connectivity index (χ1n) is 24.7. The molecular weight excluding hydrogens is 991 g/mol. The van der Waals surface area contributed by atoms with E-state index < -0.39 is 29.5 Å². The van der Waals surface area contributed by atoms with Crippen LogP contribution in [0.1, 0.15) is 106 Å². The summed E-state index contributed by atoms with van der Waals surface area (Å²) in [6.45, 7) is 2.14. The van der Waals surface area contributed by atoms with E-state index in [1.54, 1.807) is 124 Å². The SMILES string of the molecule is CNC(=O)c1cc(NC(=O)c2cc(NC(=O)c3cc(NC(=O)c4nccn4CCCCCCn4ccc(NC(=O)c5cc(NC(=O)c6nc(NC(=O)c7nccn7C)cn6C)cn5CCCN)c4)cn3C)cn2C)cn1C. The Morgan fingerprint density at radius 3 is 1.53 bits per heavy atom. The fourth-order valence-electron chi connectivity index (χ4n) is 8.66. The van der Waals surface area contributed by atoms with Crippen molar-refractivity contribution in [1.82, 2.24) is 56.8 Å². The maximum Gasteiger partial charge on any atom is 0.292 e. The number of aromatic nitrogens is 11. The number of rotatable bonds is 23. The van der Waals surface area contributed by atoms with Crippen LogP contribution in [0.2, 0.25) is 0 Å². The lowest BCUT2D eigenvalue weighted by Gasteiger charge is -2.09. The molecule has 9 N–H and O–H groups in total. The van der Waals surface area contributed by atoms with Crippen LogP contribution < -0.4 is 43.0 Å². The minimum Gasteiger partial charge on any atom is -0.354 e. The molecule has 0 aromatic carbocycles. The lowest BCUT2D eigenvalue weighted by atomic mass is 10.2. The van der Waals surface area contributed by atoms with Gasteiger partial charge in [-0.05, 0) is 56.1 Å². The highest BCUT2D eigenvalue weighted by atomic mass is 16.2. The third-order valence-electron chi connectivity index (χ3n) is 12.5. The van der Waals surface area contributed by atoms with Gasteiger partial charge < -0.3 is 79.5 Å². The Bertz CT molecular complexity index is 3480. The van der Waals surface area contributed by atoms with Crippen LogP contribution in [0.25, 0.3) is 0 Å². The lowest BCUT2D eigenvalue weighted by molar-refractivity contribution is 0.0951. The van der Waals surface area contributed by atoms with Crippen molar-refractivity contribution in [2.75, 3.05) is 45.5 Å². The summed E-state index contributed by atoms with van der Waals surface area (Å²) in [6, 6.07) is 8.06. The first-order valence-corrected chi connectivity index (χ1v) is 24.7. The minimum atomic E-state index is -0.540. The van der Waals surface area contributed by atoms with Gasteiger partial charge in [0.2, 0.25) is 5.82 Å². The summed E-state index contributed by atoms with van der Waals surface area (Å²) in [5.74, 6) is -2.37. The molecule has 0 saturated carbocycles. The van der Waals surface area contributed by atoms with Gasteiger partial charge in [-0.15, -0.1) is 0 Å². The second-order valence-electron chi connectivity index (χ2n) is 18.3. The van der Waals surface area contributed by atoms with E-state index in [1.807, 2.05) is 23.0 Å². The number of carbonyl (C=O) groups excluding carboxylic acids is 7. The maximum atomic E-state index is 13.6. The van der Waals surface area contributed by atoms with Gasteiger partial charge in [-0.1, -0.05) is 12.8 Å². The predicted molar refractivity (Wildman–Crippen MR) is 287 cm³/mol. The number of nitrogens with two attached hydrogens (primary N) is 1. The Morgan fingerprint density at radius 1 is 0.442 bits per heavy atom. The third-order valence-corrected chi connectivity index (χ3v) is 12.5.